The molecule has 2 heterocycles. The molecule has 3 rings (SSSR count). The number of anilines is 1. The van der Waals surface area contributed by atoms with E-state index in [1.54, 1.807) is 18.5 Å². The summed E-state index contributed by atoms with van der Waals surface area (Å²) >= 11 is 7.29. The summed E-state index contributed by atoms with van der Waals surface area (Å²) in [7, 11) is 0. The van der Waals surface area contributed by atoms with E-state index in [1.165, 1.54) is 24.1 Å². The number of rotatable bonds is 4. The normalized spacial score (nSPS) is 15.9. The molecule has 8 heteroatoms. The Morgan fingerprint density at radius 1 is 1.29 bits per heavy atom. The fraction of sp³-hybridized carbons (Fsp3) is 0.312. The highest BCUT2D eigenvalue weighted by Gasteiger charge is 2.20. The Bertz CT molecular complexity index is 741. The van der Waals surface area contributed by atoms with E-state index in [0.717, 1.165) is 30.8 Å². The second-order valence-electron chi connectivity index (χ2n) is 5.42. The Labute approximate surface area is 149 Å². The molecule has 5 nitrogen and oxygen atoms in total. The molecule has 0 aliphatic carbocycles. The predicted molar refractivity (Wildman–Crippen MR) is 92.2 cm³/mol. The van der Waals surface area contributed by atoms with E-state index in [4.69, 9.17) is 16.9 Å². The molecule has 1 aliphatic rings. The van der Waals surface area contributed by atoms with Gasteiger partial charge in [-0.3, -0.25) is 0 Å². The number of benzene rings is 1. The SMILES string of the molecule is N#Cc1ccc(SN2CCC(Nc3ncc(Cl)cn3)CC2)cc1F. The number of piperidine rings is 1. The molecule has 0 saturated carbocycles. The maximum absolute atomic E-state index is 13.6. The first-order chi connectivity index (χ1) is 11.6. The summed E-state index contributed by atoms with van der Waals surface area (Å²) < 4.78 is 15.8. The third-order valence-electron chi connectivity index (χ3n) is 3.70. The Balaban J connectivity index is 1.51. The predicted octanol–water partition coefficient (Wildman–Crippen LogP) is 3.72. The third-order valence-corrected chi connectivity index (χ3v) is 4.99. The summed E-state index contributed by atoms with van der Waals surface area (Å²) in [5.41, 5.74) is 0.0743. The van der Waals surface area contributed by atoms with E-state index in [0.29, 0.717) is 17.0 Å². The first-order valence-electron chi connectivity index (χ1n) is 7.50. The van der Waals surface area contributed by atoms with Crippen LogP contribution in [0.25, 0.3) is 0 Å². The van der Waals surface area contributed by atoms with Gasteiger partial charge in [-0.25, -0.2) is 18.7 Å². The zero-order valence-corrected chi connectivity index (χ0v) is 14.3. The van der Waals surface area contributed by atoms with Crippen molar-refractivity contribution in [1.29, 1.82) is 5.26 Å². The lowest BCUT2D eigenvalue weighted by molar-refractivity contribution is 0.357. The van der Waals surface area contributed by atoms with Crippen LogP contribution >= 0.6 is 23.5 Å². The summed E-state index contributed by atoms with van der Waals surface area (Å²) in [6.45, 7) is 1.75. The molecule has 124 valence electrons. The molecular weight excluding hydrogens is 349 g/mol. The van der Waals surface area contributed by atoms with Gasteiger partial charge >= 0.3 is 0 Å². The fourth-order valence-electron chi connectivity index (χ4n) is 2.45. The molecule has 1 N–H and O–H groups in total. The molecule has 0 radical (unpaired) electrons. The first-order valence-corrected chi connectivity index (χ1v) is 8.66. The van der Waals surface area contributed by atoms with Crippen LogP contribution in [0.5, 0.6) is 0 Å². The van der Waals surface area contributed by atoms with Gasteiger partial charge in [-0.2, -0.15) is 5.26 Å². The Hall–Kier alpha value is -1.88. The van der Waals surface area contributed by atoms with E-state index < -0.39 is 5.82 Å². The van der Waals surface area contributed by atoms with Crippen LogP contribution in [0, 0.1) is 17.1 Å². The van der Waals surface area contributed by atoms with Gasteiger partial charge in [0.2, 0.25) is 5.95 Å². The zero-order chi connectivity index (χ0) is 16.9. The van der Waals surface area contributed by atoms with Gasteiger partial charge in [0.25, 0.3) is 0 Å². The lowest BCUT2D eigenvalue weighted by atomic mass is 10.1. The van der Waals surface area contributed by atoms with Gasteiger partial charge in [0, 0.05) is 24.0 Å². The van der Waals surface area contributed by atoms with Gasteiger partial charge in [-0.05, 0) is 43.0 Å². The highest BCUT2D eigenvalue weighted by Crippen LogP contribution is 2.28. The van der Waals surface area contributed by atoms with Crippen molar-refractivity contribution in [2.75, 3.05) is 18.4 Å². The molecule has 0 unspecified atom stereocenters. The number of hydrogen-bond donors (Lipinski definition) is 1. The number of nitriles is 1. The molecular formula is C16H15ClFN5S. The Morgan fingerprint density at radius 3 is 2.62 bits per heavy atom. The largest absolute Gasteiger partial charge is 0.351 e. The topological polar surface area (TPSA) is 64.8 Å². The van der Waals surface area contributed by atoms with Crippen LogP contribution in [0.1, 0.15) is 18.4 Å². The average Bonchev–Trinajstić information content (AvgIpc) is 2.59. The van der Waals surface area contributed by atoms with E-state index in [9.17, 15) is 4.39 Å². The molecule has 1 saturated heterocycles. The summed E-state index contributed by atoms with van der Waals surface area (Å²) in [6.07, 6.45) is 5.03. The number of aromatic nitrogens is 2. The number of nitrogens with zero attached hydrogens (tertiary/aromatic N) is 4. The molecule has 24 heavy (non-hydrogen) atoms. The quantitative estimate of drug-likeness (QED) is 0.835. The molecule has 0 spiro atoms. The zero-order valence-electron chi connectivity index (χ0n) is 12.7. The maximum atomic E-state index is 13.6. The first kappa shape index (κ1) is 17.0. The van der Waals surface area contributed by atoms with E-state index in [1.807, 2.05) is 6.07 Å². The summed E-state index contributed by atoms with van der Waals surface area (Å²) in [5, 5.41) is 12.6. The summed E-state index contributed by atoms with van der Waals surface area (Å²) in [4.78, 5) is 9.09. The monoisotopic (exact) mass is 363 g/mol. The van der Waals surface area contributed by atoms with E-state index in [2.05, 4.69) is 19.6 Å². The van der Waals surface area contributed by atoms with Crippen molar-refractivity contribution in [2.24, 2.45) is 0 Å². The van der Waals surface area contributed by atoms with Crippen LogP contribution in [-0.4, -0.2) is 33.4 Å². The molecule has 1 aromatic carbocycles. The van der Waals surface area contributed by atoms with Crippen molar-refractivity contribution >= 4 is 29.5 Å². The van der Waals surface area contributed by atoms with Crippen molar-refractivity contribution < 1.29 is 4.39 Å². The van der Waals surface area contributed by atoms with Crippen molar-refractivity contribution in [2.45, 2.75) is 23.8 Å². The molecule has 1 aromatic heterocycles. The smallest absolute Gasteiger partial charge is 0.222 e. The number of nitrogens with one attached hydrogen (secondary N) is 1. The highest BCUT2D eigenvalue weighted by atomic mass is 35.5. The average molecular weight is 364 g/mol. The summed E-state index contributed by atoms with van der Waals surface area (Å²) in [6, 6.07) is 6.84. The van der Waals surface area contributed by atoms with Gasteiger partial charge in [0.05, 0.1) is 23.0 Å². The molecule has 0 atom stereocenters. The van der Waals surface area contributed by atoms with Gasteiger partial charge < -0.3 is 5.32 Å². The van der Waals surface area contributed by atoms with Crippen LogP contribution in [0.3, 0.4) is 0 Å². The maximum Gasteiger partial charge on any atom is 0.222 e. The number of hydrogen-bond acceptors (Lipinski definition) is 6. The van der Waals surface area contributed by atoms with Crippen molar-refractivity contribution in [3.63, 3.8) is 0 Å². The van der Waals surface area contributed by atoms with Crippen molar-refractivity contribution in [3.05, 3.63) is 47.0 Å². The fourth-order valence-corrected chi connectivity index (χ4v) is 3.53. The molecule has 2 aromatic rings. The van der Waals surface area contributed by atoms with Crippen LogP contribution in [0.2, 0.25) is 5.02 Å². The Morgan fingerprint density at radius 2 is 2.00 bits per heavy atom. The van der Waals surface area contributed by atoms with Gasteiger partial charge in [-0.1, -0.05) is 11.6 Å². The Kier molecular flexibility index (Phi) is 5.51. The lowest BCUT2D eigenvalue weighted by Crippen LogP contribution is -2.35. The minimum Gasteiger partial charge on any atom is -0.351 e. The second-order valence-corrected chi connectivity index (χ2v) is 7.02. The van der Waals surface area contributed by atoms with Crippen LogP contribution < -0.4 is 5.32 Å². The van der Waals surface area contributed by atoms with Gasteiger partial charge in [0.1, 0.15) is 11.9 Å². The highest BCUT2D eigenvalue weighted by molar-refractivity contribution is 7.97. The molecule has 0 amide bonds. The second kappa shape index (κ2) is 7.79. The van der Waals surface area contributed by atoms with Crippen LogP contribution in [0.4, 0.5) is 10.3 Å². The molecule has 1 aliphatic heterocycles. The standard InChI is InChI=1S/C16H15ClFN5S/c17-12-9-20-16(21-10-12)22-13-3-5-23(6-4-13)24-14-2-1-11(8-19)15(18)7-14/h1-2,7,9-10,13H,3-6H2,(H,20,21,22). The van der Waals surface area contributed by atoms with E-state index in [-0.39, 0.29) is 5.56 Å². The summed E-state index contributed by atoms with van der Waals surface area (Å²) in [5.74, 6) is 0.110. The third kappa shape index (κ3) is 4.35. The van der Waals surface area contributed by atoms with Crippen molar-refractivity contribution in [1.82, 2.24) is 14.3 Å². The molecule has 1 fully saturated rings. The molecule has 0 bridgehead atoms. The van der Waals surface area contributed by atoms with Gasteiger partial charge in [-0.15, -0.1) is 0 Å². The van der Waals surface area contributed by atoms with Crippen molar-refractivity contribution in [3.8, 4) is 6.07 Å². The van der Waals surface area contributed by atoms with Crippen LogP contribution in [-0.2, 0) is 0 Å². The number of halogens is 2. The minimum absolute atomic E-state index is 0.0743. The minimum atomic E-state index is -0.473. The van der Waals surface area contributed by atoms with Gasteiger partial charge in [0.15, 0.2) is 0 Å². The van der Waals surface area contributed by atoms with E-state index >= 15 is 0 Å². The van der Waals surface area contributed by atoms with Crippen LogP contribution in [0.15, 0.2) is 35.5 Å². The lowest BCUT2D eigenvalue weighted by Gasteiger charge is -2.31.